The molecule has 2 aromatic carbocycles. The monoisotopic (exact) mass is 380 g/mol. The summed E-state index contributed by atoms with van der Waals surface area (Å²) in [6.07, 6.45) is 1.83. The van der Waals surface area contributed by atoms with Gasteiger partial charge in [-0.05, 0) is 31.1 Å². The molecule has 0 amide bonds. The molecule has 0 bridgehead atoms. The van der Waals surface area contributed by atoms with Gasteiger partial charge in [-0.1, -0.05) is 54.6 Å². The quantitative estimate of drug-likeness (QED) is 0.420. The minimum atomic E-state index is -0.955. The third kappa shape index (κ3) is 4.03. The van der Waals surface area contributed by atoms with Gasteiger partial charge in [0, 0.05) is 5.56 Å². The molecular weight excluding hydrogens is 360 g/mol. The zero-order valence-electron chi connectivity index (χ0n) is 15.2. The van der Waals surface area contributed by atoms with Crippen molar-refractivity contribution in [2.45, 2.75) is 19.1 Å². The van der Waals surface area contributed by atoms with Crippen molar-refractivity contribution in [3.8, 4) is 0 Å². The molecule has 2 aromatic rings. The Labute approximate surface area is 162 Å². The lowest BCUT2D eigenvalue weighted by Gasteiger charge is -2.29. The molecule has 0 fully saturated rings. The van der Waals surface area contributed by atoms with Crippen LogP contribution in [-0.4, -0.2) is 24.1 Å². The number of rotatable bonds is 6. The lowest BCUT2D eigenvalue weighted by molar-refractivity contribution is -0.151. The predicted octanol–water partition coefficient (Wildman–Crippen LogP) is 4.47. The van der Waals surface area contributed by atoms with Crippen molar-refractivity contribution in [2.24, 2.45) is 5.92 Å². The molecule has 5 heteroatoms. The summed E-state index contributed by atoms with van der Waals surface area (Å²) in [7, 11) is 0. The van der Waals surface area contributed by atoms with Crippen LogP contribution in [0.3, 0.4) is 0 Å². The summed E-state index contributed by atoms with van der Waals surface area (Å²) in [6, 6.07) is 16.5. The molecule has 0 spiro atoms. The van der Waals surface area contributed by atoms with Gasteiger partial charge in [-0.25, -0.2) is 0 Å². The van der Waals surface area contributed by atoms with E-state index in [9.17, 15) is 14.4 Å². The van der Waals surface area contributed by atoms with Crippen LogP contribution in [0.25, 0.3) is 6.08 Å². The van der Waals surface area contributed by atoms with Crippen molar-refractivity contribution in [3.05, 3.63) is 76.2 Å². The first-order chi connectivity index (χ1) is 13.0. The molecule has 3 rings (SSSR count). The predicted molar refractivity (Wildman–Crippen MR) is 106 cm³/mol. The first kappa shape index (κ1) is 19.1. The highest BCUT2D eigenvalue weighted by Crippen LogP contribution is 2.48. The van der Waals surface area contributed by atoms with E-state index in [4.69, 9.17) is 4.74 Å². The number of allylic oxidation sites excluding steroid dienone is 1. The van der Waals surface area contributed by atoms with Crippen LogP contribution < -0.4 is 0 Å². The van der Waals surface area contributed by atoms with Crippen molar-refractivity contribution < 1.29 is 19.1 Å². The lowest BCUT2D eigenvalue weighted by Crippen LogP contribution is -2.30. The van der Waals surface area contributed by atoms with E-state index in [-0.39, 0.29) is 18.2 Å². The number of fused-ring (bicyclic) bond motifs is 1. The third-order valence-corrected chi connectivity index (χ3v) is 5.72. The topological polar surface area (TPSA) is 60.4 Å². The van der Waals surface area contributed by atoms with Crippen LogP contribution in [0.2, 0.25) is 0 Å². The largest absolute Gasteiger partial charge is 0.465 e. The van der Waals surface area contributed by atoms with E-state index in [0.717, 1.165) is 11.1 Å². The summed E-state index contributed by atoms with van der Waals surface area (Å²) in [5, 5.41) is -0.495. The van der Waals surface area contributed by atoms with Gasteiger partial charge in [-0.3, -0.25) is 14.4 Å². The van der Waals surface area contributed by atoms with Crippen LogP contribution in [0.1, 0.15) is 40.6 Å². The fourth-order valence-corrected chi connectivity index (χ4v) is 4.58. The zero-order chi connectivity index (χ0) is 19.4. The Bertz CT molecular complexity index is 902. The number of carbonyl (C=O) groups excluding carboxylic acids is 3. The van der Waals surface area contributed by atoms with E-state index >= 15 is 0 Å². The number of carbonyl (C=O) groups is 3. The fourth-order valence-electron chi connectivity index (χ4n) is 3.11. The number of thioether (sulfide) groups is 1. The Morgan fingerprint density at radius 1 is 1.04 bits per heavy atom. The molecule has 0 aromatic heterocycles. The van der Waals surface area contributed by atoms with Crippen LogP contribution in [0, 0.1) is 5.92 Å². The molecule has 0 saturated carbocycles. The van der Waals surface area contributed by atoms with Crippen LogP contribution in [0.5, 0.6) is 0 Å². The highest BCUT2D eigenvalue weighted by Gasteiger charge is 2.39. The molecule has 2 unspecified atom stereocenters. The Hall–Kier alpha value is -2.66. The third-order valence-electron chi connectivity index (χ3n) is 4.38. The summed E-state index contributed by atoms with van der Waals surface area (Å²) in [6.45, 7) is 3.30. The van der Waals surface area contributed by atoms with Gasteiger partial charge in [0.05, 0.1) is 16.8 Å². The highest BCUT2D eigenvalue weighted by molar-refractivity contribution is 8.04. The van der Waals surface area contributed by atoms with Crippen molar-refractivity contribution >= 4 is 35.4 Å². The van der Waals surface area contributed by atoms with E-state index in [1.807, 2.05) is 48.5 Å². The van der Waals surface area contributed by atoms with Gasteiger partial charge >= 0.3 is 5.97 Å². The summed E-state index contributed by atoms with van der Waals surface area (Å²) in [5.41, 5.74) is 2.28. The molecule has 27 heavy (non-hydrogen) atoms. The minimum Gasteiger partial charge on any atom is -0.465 e. The number of ether oxygens (including phenoxy) is 1. The zero-order valence-corrected chi connectivity index (χ0v) is 16.0. The van der Waals surface area contributed by atoms with Crippen molar-refractivity contribution in [3.63, 3.8) is 0 Å². The Morgan fingerprint density at radius 3 is 2.37 bits per heavy atom. The van der Waals surface area contributed by atoms with Gasteiger partial charge in [0.15, 0.2) is 5.78 Å². The summed E-state index contributed by atoms with van der Waals surface area (Å²) in [5.74, 6) is -1.89. The van der Waals surface area contributed by atoms with E-state index in [1.54, 1.807) is 19.1 Å². The van der Waals surface area contributed by atoms with Gasteiger partial charge in [-0.2, -0.15) is 0 Å². The molecule has 0 aliphatic carbocycles. The Kier molecular flexibility index (Phi) is 5.91. The van der Waals surface area contributed by atoms with E-state index in [0.29, 0.717) is 10.5 Å². The standard InChI is InChI=1S/C22H20O4S/c1-3-26-22(25)19(14(2)23)21-17-12-8-7-11-16(17)13-18(27-21)20(24)15-9-5-4-6-10-15/h4-13,19,21H,3H2,1-2H3. The van der Waals surface area contributed by atoms with E-state index in [2.05, 4.69) is 0 Å². The summed E-state index contributed by atoms with van der Waals surface area (Å²) < 4.78 is 5.14. The van der Waals surface area contributed by atoms with Gasteiger partial charge in [0.2, 0.25) is 0 Å². The molecule has 0 saturated heterocycles. The molecule has 1 aliphatic heterocycles. The Balaban J connectivity index is 2.03. The second-order valence-corrected chi connectivity index (χ2v) is 7.39. The van der Waals surface area contributed by atoms with Crippen LogP contribution >= 0.6 is 11.8 Å². The number of ketones is 2. The van der Waals surface area contributed by atoms with Gasteiger partial charge in [0.1, 0.15) is 11.7 Å². The van der Waals surface area contributed by atoms with Gasteiger partial charge < -0.3 is 4.74 Å². The van der Waals surface area contributed by atoms with Crippen LogP contribution in [-0.2, 0) is 14.3 Å². The molecule has 4 nitrogen and oxygen atoms in total. The highest BCUT2D eigenvalue weighted by atomic mass is 32.2. The Morgan fingerprint density at radius 2 is 1.70 bits per heavy atom. The average molecular weight is 380 g/mol. The molecular formula is C22H20O4S. The maximum Gasteiger partial charge on any atom is 0.317 e. The maximum absolute atomic E-state index is 13.0. The second-order valence-electron chi connectivity index (χ2n) is 6.21. The van der Waals surface area contributed by atoms with Gasteiger partial charge in [-0.15, -0.1) is 11.8 Å². The molecule has 138 valence electrons. The SMILES string of the molecule is CCOC(=O)C(C(C)=O)C1SC(C(=O)c2ccccc2)=Cc2ccccc21. The fraction of sp³-hybridized carbons (Fsp3) is 0.227. The van der Waals surface area contributed by atoms with E-state index < -0.39 is 17.1 Å². The molecule has 1 aliphatic rings. The minimum absolute atomic E-state index is 0.119. The first-order valence-electron chi connectivity index (χ1n) is 8.77. The number of Topliss-reactive ketones (excluding diaryl/α,β-unsaturated/α-hetero) is 2. The van der Waals surface area contributed by atoms with Gasteiger partial charge in [0.25, 0.3) is 0 Å². The van der Waals surface area contributed by atoms with E-state index in [1.165, 1.54) is 18.7 Å². The van der Waals surface area contributed by atoms with Crippen molar-refractivity contribution in [1.29, 1.82) is 0 Å². The van der Waals surface area contributed by atoms with Crippen molar-refractivity contribution in [1.82, 2.24) is 0 Å². The number of benzene rings is 2. The van der Waals surface area contributed by atoms with Crippen LogP contribution in [0.4, 0.5) is 0 Å². The first-order valence-corrected chi connectivity index (χ1v) is 9.65. The number of hydrogen-bond acceptors (Lipinski definition) is 5. The second kappa shape index (κ2) is 8.35. The molecule has 0 N–H and O–H groups in total. The van der Waals surface area contributed by atoms with Crippen molar-refractivity contribution in [2.75, 3.05) is 6.61 Å². The molecule has 2 atom stereocenters. The average Bonchev–Trinajstić information content (AvgIpc) is 2.68. The smallest absolute Gasteiger partial charge is 0.317 e. The molecule has 1 heterocycles. The summed E-state index contributed by atoms with van der Waals surface area (Å²) >= 11 is 1.26. The summed E-state index contributed by atoms with van der Waals surface area (Å²) in [4.78, 5) is 38.2. The normalized spacial score (nSPS) is 16.7. The maximum atomic E-state index is 13.0. The lowest BCUT2D eigenvalue weighted by atomic mass is 9.91. The number of esters is 1. The number of hydrogen-bond donors (Lipinski definition) is 0. The van der Waals surface area contributed by atoms with Crippen LogP contribution in [0.15, 0.2) is 59.5 Å². The molecule has 0 radical (unpaired) electrons.